The number of pyridine rings is 1. The van der Waals surface area contributed by atoms with E-state index in [9.17, 15) is 0 Å². The summed E-state index contributed by atoms with van der Waals surface area (Å²) in [6.45, 7) is 0.642. The maximum absolute atomic E-state index is 5.54. The second kappa shape index (κ2) is 4.84. The normalized spacial score (nSPS) is 10.9. The minimum absolute atomic E-state index is 0.642. The van der Waals surface area contributed by atoms with Crippen LogP contribution in [0.4, 0.5) is 0 Å². The molecule has 3 rings (SSSR count). The first-order valence-electron chi connectivity index (χ1n) is 5.86. The minimum atomic E-state index is 0.642. The molecule has 90 valence electrons. The molecule has 0 radical (unpaired) electrons. The summed E-state index contributed by atoms with van der Waals surface area (Å²) in [6.07, 6.45) is 2.72. The first-order chi connectivity index (χ1) is 8.86. The van der Waals surface area contributed by atoms with E-state index in [1.54, 1.807) is 11.3 Å². The van der Waals surface area contributed by atoms with Crippen molar-refractivity contribution in [3.8, 4) is 11.3 Å². The zero-order valence-electron chi connectivity index (χ0n) is 9.84. The maximum atomic E-state index is 5.54. The molecule has 3 aromatic rings. The highest BCUT2D eigenvalue weighted by atomic mass is 32.1. The predicted molar refractivity (Wildman–Crippen MR) is 75.6 cm³/mol. The number of benzene rings is 1. The molecule has 18 heavy (non-hydrogen) atoms. The van der Waals surface area contributed by atoms with Crippen LogP contribution in [-0.2, 0) is 6.42 Å². The summed E-state index contributed by atoms with van der Waals surface area (Å²) >= 11 is 1.66. The Labute approximate surface area is 109 Å². The number of nitrogens with zero attached hydrogens (tertiary/aromatic N) is 2. The molecular weight excluding hydrogens is 242 g/mol. The second-order valence-corrected chi connectivity index (χ2v) is 5.02. The zero-order chi connectivity index (χ0) is 12.4. The molecule has 0 aliphatic heterocycles. The number of nitrogens with two attached hydrogens (primary N) is 1. The van der Waals surface area contributed by atoms with E-state index in [4.69, 9.17) is 5.73 Å². The molecule has 3 nitrogen and oxygen atoms in total. The molecule has 0 spiro atoms. The van der Waals surface area contributed by atoms with E-state index in [0.717, 1.165) is 33.6 Å². The van der Waals surface area contributed by atoms with E-state index in [0.29, 0.717) is 6.54 Å². The van der Waals surface area contributed by atoms with Crippen molar-refractivity contribution in [3.63, 3.8) is 0 Å². The molecule has 0 aliphatic rings. The van der Waals surface area contributed by atoms with Crippen molar-refractivity contribution in [1.29, 1.82) is 0 Å². The third-order valence-corrected chi connectivity index (χ3v) is 3.70. The van der Waals surface area contributed by atoms with Gasteiger partial charge in [-0.3, -0.25) is 4.98 Å². The summed E-state index contributed by atoms with van der Waals surface area (Å²) in [7, 11) is 0. The van der Waals surface area contributed by atoms with Crippen LogP contribution < -0.4 is 5.73 Å². The van der Waals surface area contributed by atoms with Crippen molar-refractivity contribution in [2.75, 3.05) is 6.54 Å². The summed E-state index contributed by atoms with van der Waals surface area (Å²) in [5.41, 5.74) is 8.60. The quantitative estimate of drug-likeness (QED) is 0.783. The fourth-order valence-electron chi connectivity index (χ4n) is 1.89. The van der Waals surface area contributed by atoms with Crippen LogP contribution in [0.1, 0.15) is 5.01 Å². The Hall–Kier alpha value is -1.78. The summed E-state index contributed by atoms with van der Waals surface area (Å²) in [5, 5.41) is 4.29. The maximum Gasteiger partial charge on any atom is 0.0945 e. The lowest BCUT2D eigenvalue weighted by atomic mass is 10.1. The molecular formula is C14H13N3S. The van der Waals surface area contributed by atoms with Crippen molar-refractivity contribution in [3.05, 3.63) is 46.9 Å². The van der Waals surface area contributed by atoms with Gasteiger partial charge in [-0.15, -0.1) is 11.3 Å². The zero-order valence-corrected chi connectivity index (χ0v) is 10.7. The lowest BCUT2D eigenvalue weighted by Gasteiger charge is -1.99. The molecule has 2 aromatic heterocycles. The Bertz CT molecular complexity index is 675. The number of aromatic nitrogens is 2. The first-order valence-corrected chi connectivity index (χ1v) is 6.74. The molecule has 0 amide bonds. The number of rotatable bonds is 3. The smallest absolute Gasteiger partial charge is 0.0945 e. The van der Waals surface area contributed by atoms with Gasteiger partial charge in [-0.25, -0.2) is 4.98 Å². The monoisotopic (exact) mass is 255 g/mol. The van der Waals surface area contributed by atoms with Crippen LogP contribution in [0, 0.1) is 0 Å². The number of hydrogen-bond acceptors (Lipinski definition) is 4. The molecule has 0 atom stereocenters. The number of hydrogen-bond donors (Lipinski definition) is 1. The SMILES string of the molecule is NCCc1nc(-c2cnc3ccccc3c2)cs1. The molecule has 0 saturated heterocycles. The summed E-state index contributed by atoms with van der Waals surface area (Å²) in [5.74, 6) is 0. The first kappa shape index (κ1) is 11.3. The fraction of sp³-hybridized carbons (Fsp3) is 0.143. The number of fused-ring (bicyclic) bond motifs is 1. The van der Waals surface area contributed by atoms with Gasteiger partial charge in [0, 0.05) is 28.9 Å². The van der Waals surface area contributed by atoms with Crippen molar-refractivity contribution in [1.82, 2.24) is 9.97 Å². The van der Waals surface area contributed by atoms with Crippen LogP contribution in [0.2, 0.25) is 0 Å². The molecule has 0 bridgehead atoms. The van der Waals surface area contributed by atoms with E-state index in [-0.39, 0.29) is 0 Å². The van der Waals surface area contributed by atoms with Gasteiger partial charge in [-0.05, 0) is 18.7 Å². The highest BCUT2D eigenvalue weighted by Crippen LogP contribution is 2.24. The molecule has 4 heteroatoms. The Morgan fingerprint density at radius 3 is 3.00 bits per heavy atom. The highest BCUT2D eigenvalue weighted by Gasteiger charge is 2.05. The van der Waals surface area contributed by atoms with Gasteiger partial charge in [0.05, 0.1) is 16.2 Å². The van der Waals surface area contributed by atoms with Gasteiger partial charge >= 0.3 is 0 Å². The van der Waals surface area contributed by atoms with Crippen molar-refractivity contribution in [2.45, 2.75) is 6.42 Å². The summed E-state index contributed by atoms with van der Waals surface area (Å²) in [6, 6.07) is 10.2. The molecule has 1 aromatic carbocycles. The largest absolute Gasteiger partial charge is 0.330 e. The molecule has 0 unspecified atom stereocenters. The van der Waals surface area contributed by atoms with Gasteiger partial charge in [0.15, 0.2) is 0 Å². The Kier molecular flexibility index (Phi) is 3.04. The van der Waals surface area contributed by atoms with Gasteiger partial charge in [0.2, 0.25) is 0 Å². The summed E-state index contributed by atoms with van der Waals surface area (Å²) < 4.78 is 0. The van der Waals surface area contributed by atoms with Crippen LogP contribution in [0.3, 0.4) is 0 Å². The average molecular weight is 255 g/mol. The lowest BCUT2D eigenvalue weighted by molar-refractivity contribution is 0.954. The van der Waals surface area contributed by atoms with Gasteiger partial charge < -0.3 is 5.73 Å². The van der Waals surface area contributed by atoms with Crippen LogP contribution >= 0.6 is 11.3 Å². The van der Waals surface area contributed by atoms with Gasteiger partial charge in [-0.1, -0.05) is 18.2 Å². The fourth-order valence-corrected chi connectivity index (χ4v) is 2.72. The van der Waals surface area contributed by atoms with Crippen LogP contribution in [0.25, 0.3) is 22.2 Å². The Balaban J connectivity index is 2.02. The number of thiazole rings is 1. The third-order valence-electron chi connectivity index (χ3n) is 2.80. The van der Waals surface area contributed by atoms with E-state index >= 15 is 0 Å². The molecule has 0 saturated carbocycles. The van der Waals surface area contributed by atoms with Crippen LogP contribution in [-0.4, -0.2) is 16.5 Å². The predicted octanol–water partition coefficient (Wildman–Crippen LogP) is 2.86. The molecule has 2 N–H and O–H groups in total. The average Bonchev–Trinajstić information content (AvgIpc) is 2.87. The topological polar surface area (TPSA) is 51.8 Å². The van der Waals surface area contributed by atoms with Gasteiger partial charge in [-0.2, -0.15) is 0 Å². The van der Waals surface area contributed by atoms with E-state index in [1.807, 2.05) is 24.4 Å². The third kappa shape index (κ3) is 2.12. The molecule has 2 heterocycles. The highest BCUT2D eigenvalue weighted by molar-refractivity contribution is 7.09. The molecule has 0 fully saturated rings. The van der Waals surface area contributed by atoms with E-state index in [1.165, 1.54) is 0 Å². The van der Waals surface area contributed by atoms with Crippen molar-refractivity contribution >= 4 is 22.2 Å². The standard InChI is InChI=1S/C14H13N3S/c15-6-5-14-17-13(9-18-14)11-7-10-3-1-2-4-12(10)16-8-11/h1-4,7-9H,5-6,15H2. The van der Waals surface area contributed by atoms with Crippen LogP contribution in [0.5, 0.6) is 0 Å². The van der Waals surface area contributed by atoms with Crippen LogP contribution in [0.15, 0.2) is 41.9 Å². The van der Waals surface area contributed by atoms with Crippen molar-refractivity contribution in [2.24, 2.45) is 5.73 Å². The summed E-state index contributed by atoms with van der Waals surface area (Å²) in [4.78, 5) is 9.03. The van der Waals surface area contributed by atoms with Gasteiger partial charge in [0.1, 0.15) is 0 Å². The Morgan fingerprint density at radius 1 is 1.22 bits per heavy atom. The minimum Gasteiger partial charge on any atom is -0.330 e. The number of para-hydroxylation sites is 1. The van der Waals surface area contributed by atoms with Crippen molar-refractivity contribution < 1.29 is 0 Å². The molecule has 0 aliphatic carbocycles. The second-order valence-electron chi connectivity index (χ2n) is 4.08. The van der Waals surface area contributed by atoms with Gasteiger partial charge in [0.25, 0.3) is 0 Å². The lowest BCUT2D eigenvalue weighted by Crippen LogP contribution is -2.01. The van der Waals surface area contributed by atoms with E-state index < -0.39 is 0 Å². The Morgan fingerprint density at radius 2 is 2.11 bits per heavy atom. The van der Waals surface area contributed by atoms with E-state index in [2.05, 4.69) is 27.5 Å².